The van der Waals surface area contributed by atoms with Crippen LogP contribution in [0, 0.1) is 6.92 Å². The number of carbonyl (C=O) groups is 2. The number of nitrogens with zero attached hydrogens (tertiary/aromatic N) is 1. The molecule has 1 aromatic carbocycles. The van der Waals surface area contributed by atoms with Gasteiger partial charge in [-0.05, 0) is 36.8 Å². The minimum absolute atomic E-state index is 0.0848. The summed E-state index contributed by atoms with van der Waals surface area (Å²) in [7, 11) is 2.25. The molecule has 0 fully saturated rings. The maximum Gasteiger partial charge on any atom is 0.416 e. The summed E-state index contributed by atoms with van der Waals surface area (Å²) in [6.45, 7) is 1.59. The van der Waals surface area contributed by atoms with Gasteiger partial charge < -0.3 is 14.4 Å². The number of aryl methyl sites for hydroxylation is 1. The lowest BCUT2D eigenvalue weighted by molar-refractivity contribution is -0.139. The zero-order valence-electron chi connectivity index (χ0n) is 14.3. The van der Waals surface area contributed by atoms with E-state index in [1.165, 1.54) is 35.4 Å². The van der Waals surface area contributed by atoms with Gasteiger partial charge in [-0.3, -0.25) is 0 Å². The number of benzene rings is 1. The molecule has 138 valence electrons. The molecular weight excluding hydrogens is 351 g/mol. The highest BCUT2D eigenvalue weighted by atomic mass is 19.4. The Bertz CT molecular complexity index is 822. The lowest BCUT2D eigenvalue weighted by atomic mass is 10.1. The van der Waals surface area contributed by atoms with Crippen molar-refractivity contribution in [2.24, 2.45) is 0 Å². The molecule has 0 bridgehead atoms. The molecule has 0 aromatic heterocycles. The molecule has 0 N–H and O–H groups in total. The van der Waals surface area contributed by atoms with Crippen molar-refractivity contribution in [3.05, 3.63) is 65.0 Å². The molecule has 0 aliphatic carbocycles. The van der Waals surface area contributed by atoms with Gasteiger partial charge in [0, 0.05) is 11.9 Å². The maximum absolute atomic E-state index is 13.1. The molecule has 1 aromatic rings. The Kier molecular flexibility index (Phi) is 5.54. The number of alkyl halides is 3. The number of methoxy groups -OCH3 is 2. The average Bonchev–Trinajstić information content (AvgIpc) is 2.82. The quantitative estimate of drug-likeness (QED) is 0.766. The normalized spacial score (nSPS) is 14.3. The molecule has 2 rings (SSSR count). The minimum Gasteiger partial charge on any atom is -0.465 e. The highest BCUT2D eigenvalue weighted by Gasteiger charge is 2.33. The molecule has 1 aliphatic heterocycles. The Morgan fingerprint density at radius 3 is 2.27 bits per heavy atom. The molecule has 0 radical (unpaired) electrons. The van der Waals surface area contributed by atoms with Crippen molar-refractivity contribution in [1.82, 2.24) is 0 Å². The predicted octanol–water partition coefficient (Wildman–Crippen LogP) is 3.50. The molecule has 0 saturated carbocycles. The van der Waals surface area contributed by atoms with Gasteiger partial charge in [0.15, 0.2) is 0 Å². The first-order valence-electron chi connectivity index (χ1n) is 7.43. The highest BCUT2D eigenvalue weighted by Crippen LogP contribution is 2.35. The fourth-order valence-electron chi connectivity index (χ4n) is 2.40. The molecule has 8 heteroatoms. The molecule has 0 atom stereocenters. The molecule has 0 spiro atoms. The second-order valence-corrected chi connectivity index (χ2v) is 5.32. The van der Waals surface area contributed by atoms with E-state index in [0.29, 0.717) is 5.56 Å². The Balaban J connectivity index is 2.73. The Morgan fingerprint density at radius 1 is 1.04 bits per heavy atom. The molecule has 0 saturated heterocycles. The number of carbonyl (C=O) groups excluding carboxylic acids is 2. The third-order valence-electron chi connectivity index (χ3n) is 3.69. The average molecular weight is 367 g/mol. The van der Waals surface area contributed by atoms with Crippen LogP contribution in [0.3, 0.4) is 0 Å². The highest BCUT2D eigenvalue weighted by molar-refractivity contribution is 6.05. The van der Waals surface area contributed by atoms with Gasteiger partial charge in [0.25, 0.3) is 0 Å². The van der Waals surface area contributed by atoms with Crippen molar-refractivity contribution in [2.45, 2.75) is 13.1 Å². The van der Waals surface area contributed by atoms with E-state index in [1.54, 1.807) is 6.92 Å². The van der Waals surface area contributed by atoms with E-state index in [4.69, 9.17) is 4.74 Å². The topological polar surface area (TPSA) is 55.8 Å². The van der Waals surface area contributed by atoms with Crippen molar-refractivity contribution >= 4 is 17.6 Å². The van der Waals surface area contributed by atoms with Crippen LogP contribution >= 0.6 is 0 Å². The van der Waals surface area contributed by atoms with Crippen LogP contribution in [0.5, 0.6) is 0 Å². The van der Waals surface area contributed by atoms with Gasteiger partial charge in [0.2, 0.25) is 0 Å². The smallest absolute Gasteiger partial charge is 0.416 e. The van der Waals surface area contributed by atoms with Crippen molar-refractivity contribution in [1.29, 1.82) is 0 Å². The van der Waals surface area contributed by atoms with Gasteiger partial charge in [-0.25, -0.2) is 9.59 Å². The molecule has 0 unspecified atom stereocenters. The van der Waals surface area contributed by atoms with Gasteiger partial charge in [0.05, 0.1) is 25.4 Å². The summed E-state index contributed by atoms with van der Waals surface area (Å²) in [6, 6.07) is 3.14. The van der Waals surface area contributed by atoms with E-state index in [9.17, 15) is 22.8 Å². The van der Waals surface area contributed by atoms with Crippen LogP contribution < -0.4 is 4.90 Å². The fraction of sp³-hybridized carbons (Fsp3) is 0.222. The summed E-state index contributed by atoms with van der Waals surface area (Å²) in [6.07, 6.45) is 1.10. The van der Waals surface area contributed by atoms with Gasteiger partial charge >= 0.3 is 18.1 Å². The van der Waals surface area contributed by atoms with Gasteiger partial charge in [-0.1, -0.05) is 12.1 Å². The number of hydrogen-bond acceptors (Lipinski definition) is 5. The van der Waals surface area contributed by atoms with E-state index in [-0.39, 0.29) is 17.0 Å². The molecule has 26 heavy (non-hydrogen) atoms. The van der Waals surface area contributed by atoms with Crippen molar-refractivity contribution < 1.29 is 32.2 Å². The van der Waals surface area contributed by atoms with E-state index >= 15 is 0 Å². The van der Waals surface area contributed by atoms with Gasteiger partial charge in [-0.15, -0.1) is 0 Å². The predicted molar refractivity (Wildman–Crippen MR) is 88.0 cm³/mol. The first-order chi connectivity index (χ1) is 12.2. The summed E-state index contributed by atoms with van der Waals surface area (Å²) < 4.78 is 48.7. The lowest BCUT2D eigenvalue weighted by Gasteiger charge is -2.25. The summed E-state index contributed by atoms with van der Waals surface area (Å²) in [5.74, 6) is -1.71. The zero-order valence-corrected chi connectivity index (χ0v) is 14.3. The van der Waals surface area contributed by atoms with E-state index < -0.39 is 23.7 Å². The Hall–Kier alpha value is -3.03. The molecule has 0 amide bonds. The van der Waals surface area contributed by atoms with Crippen LogP contribution in [-0.2, 0) is 25.2 Å². The SMILES string of the molecule is COC(=O)C1=C(C(=O)OC)N(c2cc(C(F)(F)F)ccc2C)C=CC=C1. The summed E-state index contributed by atoms with van der Waals surface area (Å²) in [4.78, 5) is 25.6. The second-order valence-electron chi connectivity index (χ2n) is 5.32. The van der Waals surface area contributed by atoms with Crippen LogP contribution in [0.4, 0.5) is 18.9 Å². The third-order valence-corrected chi connectivity index (χ3v) is 3.69. The lowest BCUT2D eigenvalue weighted by Crippen LogP contribution is -2.27. The number of ether oxygens (including phenoxy) is 2. The Morgan fingerprint density at radius 2 is 1.69 bits per heavy atom. The van der Waals surface area contributed by atoms with E-state index in [2.05, 4.69) is 4.74 Å². The first kappa shape index (κ1) is 19.3. The van der Waals surface area contributed by atoms with Crippen LogP contribution in [-0.4, -0.2) is 26.2 Å². The zero-order chi connectivity index (χ0) is 19.5. The first-order valence-corrected chi connectivity index (χ1v) is 7.43. The number of anilines is 1. The molecular formula is C18H16F3NO4. The monoisotopic (exact) mass is 367 g/mol. The van der Waals surface area contributed by atoms with E-state index in [0.717, 1.165) is 26.4 Å². The van der Waals surface area contributed by atoms with Crippen LogP contribution in [0.2, 0.25) is 0 Å². The fourth-order valence-corrected chi connectivity index (χ4v) is 2.40. The second kappa shape index (κ2) is 7.47. The van der Waals surface area contributed by atoms with Crippen molar-refractivity contribution in [3.63, 3.8) is 0 Å². The maximum atomic E-state index is 13.1. The molecule has 1 heterocycles. The summed E-state index contributed by atoms with van der Waals surface area (Å²) in [5, 5.41) is 0. The summed E-state index contributed by atoms with van der Waals surface area (Å²) in [5.41, 5.74) is -0.711. The number of esters is 2. The standard InChI is InChI=1S/C18H16F3NO4/c1-11-7-8-12(18(19,20)21)10-14(11)22-9-5-4-6-13(16(23)25-2)15(22)17(24)26-3/h4-10H,1-3H3. The number of hydrogen-bond donors (Lipinski definition) is 0. The molecule has 5 nitrogen and oxygen atoms in total. The minimum atomic E-state index is -4.56. The largest absolute Gasteiger partial charge is 0.465 e. The van der Waals surface area contributed by atoms with Crippen molar-refractivity contribution in [3.8, 4) is 0 Å². The van der Waals surface area contributed by atoms with Gasteiger partial charge in [-0.2, -0.15) is 13.2 Å². The van der Waals surface area contributed by atoms with Crippen LogP contribution in [0.15, 0.2) is 53.9 Å². The third kappa shape index (κ3) is 3.79. The van der Waals surface area contributed by atoms with Gasteiger partial charge in [0.1, 0.15) is 5.70 Å². The van der Waals surface area contributed by atoms with E-state index in [1.807, 2.05) is 0 Å². The van der Waals surface area contributed by atoms with Crippen LogP contribution in [0.1, 0.15) is 11.1 Å². The van der Waals surface area contributed by atoms with Crippen LogP contribution in [0.25, 0.3) is 0 Å². The molecule has 1 aliphatic rings. The van der Waals surface area contributed by atoms with Crippen molar-refractivity contribution in [2.75, 3.05) is 19.1 Å². The Labute approximate surface area is 148 Å². The number of allylic oxidation sites excluding steroid dienone is 2. The summed E-state index contributed by atoms with van der Waals surface area (Å²) >= 11 is 0. The number of halogens is 3. The number of rotatable bonds is 3.